The van der Waals surface area contributed by atoms with Crippen molar-refractivity contribution in [3.05, 3.63) is 29.6 Å². The van der Waals surface area contributed by atoms with E-state index < -0.39 is 0 Å². The molecule has 0 bridgehead atoms. The van der Waals surface area contributed by atoms with Crippen molar-refractivity contribution in [1.82, 2.24) is 0 Å². The SMILES string of the molecule is COc1ccc(C(Cl)C2CCCC2(C)C)c(F)c1. The minimum Gasteiger partial charge on any atom is -0.497 e. The number of rotatable bonds is 3. The fourth-order valence-corrected chi connectivity index (χ4v) is 3.62. The van der Waals surface area contributed by atoms with Gasteiger partial charge in [0.1, 0.15) is 11.6 Å². The minimum atomic E-state index is -0.267. The van der Waals surface area contributed by atoms with Crippen molar-refractivity contribution < 1.29 is 9.13 Å². The van der Waals surface area contributed by atoms with Gasteiger partial charge in [0.05, 0.1) is 12.5 Å². The van der Waals surface area contributed by atoms with Crippen LogP contribution in [-0.2, 0) is 0 Å². The van der Waals surface area contributed by atoms with Gasteiger partial charge >= 0.3 is 0 Å². The van der Waals surface area contributed by atoms with Gasteiger partial charge in [-0.25, -0.2) is 4.39 Å². The van der Waals surface area contributed by atoms with E-state index in [1.54, 1.807) is 12.1 Å². The van der Waals surface area contributed by atoms with Crippen LogP contribution in [0.1, 0.15) is 44.1 Å². The lowest BCUT2D eigenvalue weighted by atomic mass is 9.78. The molecule has 1 saturated carbocycles. The summed E-state index contributed by atoms with van der Waals surface area (Å²) in [6.45, 7) is 4.45. The Morgan fingerprint density at radius 1 is 1.44 bits per heavy atom. The molecule has 2 atom stereocenters. The number of halogens is 2. The summed E-state index contributed by atoms with van der Waals surface area (Å²) in [5, 5.41) is -0.256. The Balaban J connectivity index is 2.26. The van der Waals surface area contributed by atoms with Gasteiger partial charge in [-0.1, -0.05) is 26.3 Å². The van der Waals surface area contributed by atoms with Crippen LogP contribution < -0.4 is 4.74 Å². The molecule has 0 aliphatic heterocycles. The summed E-state index contributed by atoms with van der Waals surface area (Å²) in [5.74, 6) is 0.602. The van der Waals surface area contributed by atoms with Crippen LogP contribution in [-0.4, -0.2) is 7.11 Å². The molecule has 1 aliphatic rings. The fourth-order valence-electron chi connectivity index (χ4n) is 2.97. The highest BCUT2D eigenvalue weighted by molar-refractivity contribution is 6.21. The average Bonchev–Trinajstić information content (AvgIpc) is 2.68. The monoisotopic (exact) mass is 270 g/mol. The molecule has 3 heteroatoms. The molecule has 18 heavy (non-hydrogen) atoms. The molecular formula is C15H20ClFO. The molecule has 1 nitrogen and oxygen atoms in total. The normalized spacial score (nSPS) is 23.9. The molecule has 0 radical (unpaired) electrons. The molecule has 1 aliphatic carbocycles. The third-order valence-electron chi connectivity index (χ3n) is 4.20. The fraction of sp³-hybridized carbons (Fsp3) is 0.600. The standard InChI is InChI=1S/C15H20ClFO/c1-15(2)8-4-5-12(15)14(16)11-7-6-10(18-3)9-13(11)17/h6-7,9,12,14H,4-5,8H2,1-3H3. The molecule has 1 fully saturated rings. The molecular weight excluding hydrogens is 251 g/mol. The summed E-state index contributed by atoms with van der Waals surface area (Å²) in [7, 11) is 1.53. The van der Waals surface area contributed by atoms with Crippen molar-refractivity contribution in [2.24, 2.45) is 11.3 Å². The lowest BCUT2D eigenvalue weighted by molar-refractivity contribution is 0.250. The predicted molar refractivity (Wildman–Crippen MR) is 72.7 cm³/mol. The maximum Gasteiger partial charge on any atom is 0.131 e. The van der Waals surface area contributed by atoms with Gasteiger partial charge in [0, 0.05) is 11.6 Å². The van der Waals surface area contributed by atoms with E-state index in [2.05, 4.69) is 13.8 Å². The van der Waals surface area contributed by atoms with Crippen LogP contribution in [0.5, 0.6) is 5.75 Å². The van der Waals surface area contributed by atoms with Crippen molar-refractivity contribution in [3.63, 3.8) is 0 Å². The van der Waals surface area contributed by atoms with Crippen molar-refractivity contribution in [1.29, 1.82) is 0 Å². The number of hydrogen-bond acceptors (Lipinski definition) is 1. The average molecular weight is 271 g/mol. The zero-order valence-electron chi connectivity index (χ0n) is 11.2. The zero-order valence-corrected chi connectivity index (χ0v) is 11.9. The van der Waals surface area contributed by atoms with E-state index in [0.29, 0.717) is 17.2 Å². The highest BCUT2D eigenvalue weighted by atomic mass is 35.5. The first-order chi connectivity index (χ1) is 8.45. The first kappa shape index (κ1) is 13.7. The number of ether oxygens (including phenoxy) is 1. The predicted octanol–water partition coefficient (Wildman–Crippen LogP) is 4.94. The van der Waals surface area contributed by atoms with E-state index in [0.717, 1.165) is 6.42 Å². The molecule has 1 aromatic rings. The highest BCUT2D eigenvalue weighted by Crippen LogP contribution is 2.51. The van der Waals surface area contributed by atoms with Crippen LogP contribution in [0.4, 0.5) is 4.39 Å². The topological polar surface area (TPSA) is 9.23 Å². The summed E-state index contributed by atoms with van der Waals surface area (Å²) in [6, 6.07) is 4.93. The molecule has 0 saturated heterocycles. The molecule has 0 aromatic heterocycles. The number of hydrogen-bond donors (Lipinski definition) is 0. The second-order valence-corrected chi connectivity index (χ2v) is 6.25. The maximum atomic E-state index is 14.0. The van der Waals surface area contributed by atoms with Gasteiger partial charge in [-0.3, -0.25) is 0 Å². The van der Waals surface area contributed by atoms with Gasteiger partial charge in [0.15, 0.2) is 0 Å². The van der Waals surface area contributed by atoms with Crippen LogP contribution in [0.25, 0.3) is 0 Å². The number of benzene rings is 1. The molecule has 0 N–H and O–H groups in total. The molecule has 0 amide bonds. The van der Waals surface area contributed by atoms with Crippen molar-refractivity contribution in [2.75, 3.05) is 7.11 Å². The Labute approximate surface area is 113 Å². The summed E-state index contributed by atoms with van der Waals surface area (Å²) >= 11 is 6.52. The third kappa shape index (κ3) is 2.49. The van der Waals surface area contributed by atoms with Gasteiger partial charge in [0.2, 0.25) is 0 Å². The molecule has 2 unspecified atom stereocenters. The molecule has 0 spiro atoms. The van der Waals surface area contributed by atoms with E-state index in [9.17, 15) is 4.39 Å². The summed E-state index contributed by atoms with van der Waals surface area (Å²) < 4.78 is 19.0. The molecule has 1 aromatic carbocycles. The van der Waals surface area contributed by atoms with Crippen LogP contribution in [0.2, 0.25) is 0 Å². The van der Waals surface area contributed by atoms with Crippen LogP contribution in [0.3, 0.4) is 0 Å². The Morgan fingerprint density at radius 3 is 2.67 bits per heavy atom. The summed E-state index contributed by atoms with van der Waals surface area (Å²) in [6.07, 6.45) is 3.42. The van der Waals surface area contributed by atoms with Gasteiger partial charge < -0.3 is 4.74 Å². The molecule has 0 heterocycles. The second kappa shape index (κ2) is 5.08. The Hall–Kier alpha value is -0.760. The first-order valence-corrected chi connectivity index (χ1v) is 6.87. The van der Waals surface area contributed by atoms with E-state index in [1.807, 2.05) is 0 Å². The minimum absolute atomic E-state index is 0.193. The lowest BCUT2D eigenvalue weighted by Crippen LogP contribution is -2.22. The Kier molecular flexibility index (Phi) is 3.86. The van der Waals surface area contributed by atoms with Gasteiger partial charge in [0.25, 0.3) is 0 Å². The zero-order chi connectivity index (χ0) is 13.3. The molecule has 2 rings (SSSR count). The van der Waals surface area contributed by atoms with Gasteiger partial charge in [-0.15, -0.1) is 11.6 Å². The van der Waals surface area contributed by atoms with E-state index >= 15 is 0 Å². The maximum absolute atomic E-state index is 14.0. The number of alkyl halides is 1. The van der Waals surface area contributed by atoms with E-state index in [1.165, 1.54) is 26.0 Å². The summed E-state index contributed by atoms with van der Waals surface area (Å²) in [5.41, 5.74) is 0.788. The smallest absolute Gasteiger partial charge is 0.131 e. The molecule has 100 valence electrons. The van der Waals surface area contributed by atoms with Crippen molar-refractivity contribution in [2.45, 2.75) is 38.5 Å². The Morgan fingerprint density at radius 2 is 2.17 bits per heavy atom. The first-order valence-electron chi connectivity index (χ1n) is 6.43. The largest absolute Gasteiger partial charge is 0.497 e. The Bertz CT molecular complexity index is 431. The van der Waals surface area contributed by atoms with E-state index in [4.69, 9.17) is 16.3 Å². The lowest BCUT2D eigenvalue weighted by Gasteiger charge is -2.31. The van der Waals surface area contributed by atoms with Crippen LogP contribution in [0.15, 0.2) is 18.2 Å². The van der Waals surface area contributed by atoms with E-state index in [-0.39, 0.29) is 16.6 Å². The highest BCUT2D eigenvalue weighted by Gasteiger charge is 2.40. The van der Waals surface area contributed by atoms with Crippen LogP contribution >= 0.6 is 11.6 Å². The number of methoxy groups -OCH3 is 1. The van der Waals surface area contributed by atoms with Crippen LogP contribution in [0, 0.1) is 17.2 Å². The van der Waals surface area contributed by atoms with Crippen molar-refractivity contribution >= 4 is 11.6 Å². The van der Waals surface area contributed by atoms with Crippen molar-refractivity contribution in [3.8, 4) is 5.75 Å². The summed E-state index contributed by atoms with van der Waals surface area (Å²) in [4.78, 5) is 0. The third-order valence-corrected chi connectivity index (χ3v) is 4.74. The van der Waals surface area contributed by atoms with Gasteiger partial charge in [-0.2, -0.15) is 0 Å². The van der Waals surface area contributed by atoms with Gasteiger partial charge in [-0.05, 0) is 30.2 Å². The quantitative estimate of drug-likeness (QED) is 0.707. The second-order valence-electron chi connectivity index (χ2n) is 5.78.